The van der Waals surface area contributed by atoms with Crippen molar-refractivity contribution in [2.45, 2.75) is 20.4 Å². The number of anilines is 1. The van der Waals surface area contributed by atoms with E-state index in [-0.39, 0.29) is 18.0 Å². The number of aromatic nitrogens is 3. The van der Waals surface area contributed by atoms with E-state index in [4.69, 9.17) is 0 Å². The monoisotopic (exact) mass is 264 g/mol. The van der Waals surface area contributed by atoms with Crippen LogP contribution in [0.15, 0.2) is 23.4 Å². The maximum absolute atomic E-state index is 11.7. The van der Waals surface area contributed by atoms with Gasteiger partial charge in [0.25, 0.3) is 5.56 Å². The van der Waals surface area contributed by atoms with Crippen LogP contribution in [0.4, 0.5) is 5.13 Å². The predicted octanol–water partition coefficient (Wildman–Crippen LogP) is 0.955. The van der Waals surface area contributed by atoms with E-state index in [0.29, 0.717) is 5.13 Å². The SMILES string of the molecule is Cc1nc(NC(=O)Cn2cnccc2=O)sc1C. The Morgan fingerprint density at radius 1 is 1.50 bits per heavy atom. The Balaban J connectivity index is 2.05. The van der Waals surface area contributed by atoms with E-state index >= 15 is 0 Å². The van der Waals surface area contributed by atoms with Crippen molar-refractivity contribution >= 4 is 22.4 Å². The molecule has 0 spiro atoms. The van der Waals surface area contributed by atoms with Crippen molar-refractivity contribution in [3.05, 3.63) is 39.5 Å². The largest absolute Gasteiger partial charge is 0.300 e. The van der Waals surface area contributed by atoms with Gasteiger partial charge in [-0.2, -0.15) is 0 Å². The third-order valence-electron chi connectivity index (χ3n) is 2.38. The van der Waals surface area contributed by atoms with E-state index in [1.54, 1.807) is 0 Å². The van der Waals surface area contributed by atoms with Crippen LogP contribution in [0, 0.1) is 13.8 Å². The molecule has 0 bridgehead atoms. The van der Waals surface area contributed by atoms with E-state index in [1.165, 1.54) is 34.5 Å². The van der Waals surface area contributed by atoms with Crippen LogP contribution in [0.5, 0.6) is 0 Å². The van der Waals surface area contributed by atoms with Crippen LogP contribution < -0.4 is 10.9 Å². The second kappa shape index (κ2) is 5.09. The van der Waals surface area contributed by atoms with E-state index in [1.807, 2.05) is 13.8 Å². The lowest BCUT2D eigenvalue weighted by Gasteiger charge is -2.03. The van der Waals surface area contributed by atoms with Crippen LogP contribution in [0.3, 0.4) is 0 Å². The van der Waals surface area contributed by atoms with Gasteiger partial charge < -0.3 is 5.32 Å². The quantitative estimate of drug-likeness (QED) is 0.895. The normalized spacial score (nSPS) is 10.3. The first-order chi connectivity index (χ1) is 8.56. The second-order valence-electron chi connectivity index (χ2n) is 3.76. The van der Waals surface area contributed by atoms with Crippen LogP contribution in [0.2, 0.25) is 0 Å². The summed E-state index contributed by atoms with van der Waals surface area (Å²) < 4.78 is 1.24. The van der Waals surface area contributed by atoms with E-state index in [0.717, 1.165) is 10.6 Å². The topological polar surface area (TPSA) is 76.9 Å². The number of amides is 1. The minimum absolute atomic E-state index is 0.0651. The molecule has 0 atom stereocenters. The van der Waals surface area contributed by atoms with Crippen molar-refractivity contribution in [2.24, 2.45) is 0 Å². The summed E-state index contributed by atoms with van der Waals surface area (Å²) in [6, 6.07) is 1.31. The van der Waals surface area contributed by atoms with E-state index in [9.17, 15) is 9.59 Å². The average molecular weight is 264 g/mol. The molecule has 2 aromatic heterocycles. The van der Waals surface area contributed by atoms with Crippen LogP contribution in [0.25, 0.3) is 0 Å². The van der Waals surface area contributed by atoms with E-state index in [2.05, 4.69) is 15.3 Å². The first-order valence-electron chi connectivity index (χ1n) is 5.30. The van der Waals surface area contributed by atoms with Gasteiger partial charge in [-0.05, 0) is 13.8 Å². The number of nitrogens with one attached hydrogen (secondary N) is 1. The third kappa shape index (κ3) is 2.80. The van der Waals surface area contributed by atoms with Gasteiger partial charge in [-0.1, -0.05) is 0 Å². The summed E-state index contributed by atoms with van der Waals surface area (Å²) in [7, 11) is 0. The lowest BCUT2D eigenvalue weighted by atomic mass is 10.4. The predicted molar refractivity (Wildman–Crippen MR) is 68.7 cm³/mol. The fourth-order valence-corrected chi connectivity index (χ4v) is 2.17. The first-order valence-corrected chi connectivity index (χ1v) is 6.12. The molecule has 94 valence electrons. The molecule has 0 radical (unpaired) electrons. The molecule has 18 heavy (non-hydrogen) atoms. The maximum atomic E-state index is 11.7. The number of hydrogen-bond donors (Lipinski definition) is 1. The van der Waals surface area contributed by atoms with Gasteiger partial charge >= 0.3 is 0 Å². The van der Waals surface area contributed by atoms with Crippen LogP contribution >= 0.6 is 11.3 Å². The summed E-state index contributed by atoms with van der Waals surface area (Å²) in [6.45, 7) is 3.76. The number of rotatable bonds is 3. The Kier molecular flexibility index (Phi) is 3.52. The molecule has 6 nitrogen and oxygen atoms in total. The van der Waals surface area contributed by atoms with Crippen molar-refractivity contribution in [3.63, 3.8) is 0 Å². The standard InChI is InChI=1S/C11H12N4O2S/c1-7-8(2)18-11(13-7)14-9(16)5-15-6-12-4-3-10(15)17/h3-4,6H,5H2,1-2H3,(H,13,14,16). The van der Waals surface area contributed by atoms with Crippen molar-refractivity contribution < 1.29 is 4.79 Å². The Morgan fingerprint density at radius 3 is 2.89 bits per heavy atom. The summed E-state index contributed by atoms with van der Waals surface area (Å²) in [5.41, 5.74) is 0.639. The fraction of sp³-hybridized carbons (Fsp3) is 0.273. The van der Waals surface area contributed by atoms with Gasteiger partial charge in [0.15, 0.2) is 5.13 Å². The lowest BCUT2D eigenvalue weighted by molar-refractivity contribution is -0.116. The average Bonchev–Trinajstić information content (AvgIpc) is 2.61. The first kappa shape index (κ1) is 12.4. The Bertz CT molecular complexity index is 612. The molecule has 0 aliphatic heterocycles. The smallest absolute Gasteiger partial charge is 0.253 e. The Hall–Kier alpha value is -2.02. The molecule has 0 aromatic carbocycles. The van der Waals surface area contributed by atoms with Crippen LogP contribution in [-0.2, 0) is 11.3 Å². The Labute approximate surface area is 107 Å². The molecule has 0 fully saturated rings. The molecule has 7 heteroatoms. The molecule has 1 N–H and O–H groups in total. The molecule has 0 unspecified atom stereocenters. The van der Waals surface area contributed by atoms with Gasteiger partial charge in [-0.25, -0.2) is 9.97 Å². The highest BCUT2D eigenvalue weighted by Crippen LogP contribution is 2.20. The maximum Gasteiger partial charge on any atom is 0.253 e. The minimum atomic E-state index is -0.293. The molecule has 2 heterocycles. The van der Waals surface area contributed by atoms with Gasteiger partial charge in [0, 0.05) is 17.1 Å². The molecule has 0 saturated heterocycles. The van der Waals surface area contributed by atoms with Crippen molar-refractivity contribution in [1.29, 1.82) is 0 Å². The summed E-state index contributed by atoms with van der Waals surface area (Å²) >= 11 is 1.41. The van der Waals surface area contributed by atoms with Gasteiger partial charge in [-0.3, -0.25) is 14.2 Å². The number of aryl methyl sites for hydroxylation is 2. The molecule has 0 aliphatic carbocycles. The number of thiazole rings is 1. The summed E-state index contributed by atoms with van der Waals surface area (Å²) in [5, 5.41) is 3.21. The molecule has 2 aromatic rings. The summed E-state index contributed by atoms with van der Waals surface area (Å²) in [6.07, 6.45) is 2.73. The fourth-order valence-electron chi connectivity index (χ4n) is 1.34. The highest BCUT2D eigenvalue weighted by molar-refractivity contribution is 7.15. The molecule has 0 aliphatic rings. The van der Waals surface area contributed by atoms with Crippen molar-refractivity contribution in [2.75, 3.05) is 5.32 Å². The second-order valence-corrected chi connectivity index (χ2v) is 4.96. The number of carbonyl (C=O) groups is 1. The zero-order chi connectivity index (χ0) is 13.1. The van der Waals surface area contributed by atoms with Gasteiger partial charge in [0.1, 0.15) is 6.54 Å². The Morgan fingerprint density at radius 2 is 2.28 bits per heavy atom. The van der Waals surface area contributed by atoms with Crippen molar-refractivity contribution in [3.8, 4) is 0 Å². The minimum Gasteiger partial charge on any atom is -0.300 e. The molecule has 1 amide bonds. The van der Waals surface area contributed by atoms with Crippen LogP contribution in [-0.4, -0.2) is 20.4 Å². The van der Waals surface area contributed by atoms with E-state index < -0.39 is 0 Å². The number of carbonyl (C=O) groups excluding carboxylic acids is 1. The zero-order valence-electron chi connectivity index (χ0n) is 10.0. The van der Waals surface area contributed by atoms with Gasteiger partial charge in [0.2, 0.25) is 5.91 Å². The molecular weight excluding hydrogens is 252 g/mol. The summed E-state index contributed by atoms with van der Waals surface area (Å²) in [4.78, 5) is 32.2. The van der Waals surface area contributed by atoms with Crippen molar-refractivity contribution in [1.82, 2.24) is 14.5 Å². The van der Waals surface area contributed by atoms with Gasteiger partial charge in [-0.15, -0.1) is 11.3 Å². The molecule has 2 rings (SSSR count). The lowest BCUT2D eigenvalue weighted by Crippen LogP contribution is -2.26. The highest BCUT2D eigenvalue weighted by atomic mass is 32.1. The van der Waals surface area contributed by atoms with Crippen LogP contribution in [0.1, 0.15) is 10.6 Å². The van der Waals surface area contributed by atoms with Gasteiger partial charge in [0.05, 0.1) is 12.0 Å². The zero-order valence-corrected chi connectivity index (χ0v) is 10.8. The molecular formula is C11H12N4O2S. The molecule has 0 saturated carbocycles. The third-order valence-corrected chi connectivity index (χ3v) is 3.37. The summed E-state index contributed by atoms with van der Waals surface area (Å²) in [5.74, 6) is -0.293. The number of nitrogens with zero attached hydrogens (tertiary/aromatic N) is 3. The number of hydrogen-bond acceptors (Lipinski definition) is 5. The highest BCUT2D eigenvalue weighted by Gasteiger charge is 2.08.